The molecular weight excluding hydrogens is 250 g/mol. The lowest BCUT2D eigenvalue weighted by atomic mass is 10.1. The van der Waals surface area contributed by atoms with Crippen molar-refractivity contribution in [2.24, 2.45) is 0 Å². The number of aromatic nitrogens is 4. The molecule has 20 heavy (non-hydrogen) atoms. The smallest absolute Gasteiger partial charge is 0.137 e. The van der Waals surface area contributed by atoms with Crippen molar-refractivity contribution in [2.75, 3.05) is 20.4 Å². The summed E-state index contributed by atoms with van der Waals surface area (Å²) in [6.45, 7) is -13.6. The number of nitrogens with one attached hydrogen (secondary N) is 1. The second kappa shape index (κ2) is 5.46. The molecule has 0 unspecified atom stereocenters. The van der Waals surface area contributed by atoms with Gasteiger partial charge in [-0.25, -0.2) is 9.67 Å². The van der Waals surface area contributed by atoms with Crippen LogP contribution in [0.4, 0.5) is 0 Å². The largest absolute Gasteiger partial charge is 0.361 e. The molecule has 5 nitrogen and oxygen atoms in total. The monoisotopic (exact) mass is 284 g/mol. The minimum Gasteiger partial charge on any atom is -0.361 e. The van der Waals surface area contributed by atoms with Gasteiger partial charge in [0.1, 0.15) is 12.7 Å². The molecule has 0 saturated heterocycles. The number of aryl methyl sites for hydroxylation is 1. The SMILES string of the molecule is [2H]c1c(C([2H])([2H])n2cncn2)c([2H])c2c(C([2H])([2H])C([2H])([2H])N(C([2H])([2H])[2H])C([2H])([2H])[2H])c[nH]c2c1[2H]. The zero-order valence-corrected chi connectivity index (χ0v) is 10.0. The third-order valence-electron chi connectivity index (χ3n) is 2.39. The van der Waals surface area contributed by atoms with Gasteiger partial charge in [0.15, 0.2) is 0 Å². The van der Waals surface area contributed by atoms with Crippen molar-refractivity contribution in [3.63, 3.8) is 0 Å². The van der Waals surface area contributed by atoms with Gasteiger partial charge in [-0.15, -0.1) is 0 Å². The Balaban J connectivity index is 2.36. The molecule has 3 aromatic rings. The number of likely N-dealkylation sites (N-methyl/N-ethyl adjacent to an activating group) is 1. The lowest BCUT2D eigenvalue weighted by molar-refractivity contribution is 0.414. The van der Waals surface area contributed by atoms with Crippen LogP contribution in [0.1, 0.15) is 31.7 Å². The van der Waals surface area contributed by atoms with E-state index in [1.54, 1.807) is 0 Å². The number of rotatable bonds is 5. The Morgan fingerprint density at radius 3 is 3.25 bits per heavy atom. The van der Waals surface area contributed by atoms with Crippen molar-refractivity contribution in [1.82, 2.24) is 24.6 Å². The first kappa shape index (κ1) is 4.18. The van der Waals surface area contributed by atoms with Gasteiger partial charge in [-0.05, 0) is 43.5 Å². The van der Waals surface area contributed by atoms with Crippen LogP contribution in [0.2, 0.25) is 0 Å². The molecular formula is C15H19N5. The zero-order valence-electron chi connectivity index (χ0n) is 25.0. The van der Waals surface area contributed by atoms with Gasteiger partial charge in [0.25, 0.3) is 0 Å². The highest BCUT2D eigenvalue weighted by Gasteiger charge is 2.06. The van der Waals surface area contributed by atoms with Crippen LogP contribution in [-0.4, -0.2) is 45.1 Å². The third-order valence-corrected chi connectivity index (χ3v) is 2.39. The third kappa shape index (κ3) is 2.72. The van der Waals surface area contributed by atoms with Gasteiger partial charge < -0.3 is 9.88 Å². The van der Waals surface area contributed by atoms with Gasteiger partial charge in [0, 0.05) is 37.3 Å². The summed E-state index contributed by atoms with van der Waals surface area (Å²) < 4.78 is 121. The normalized spacial score (nSPS) is 25.9. The van der Waals surface area contributed by atoms with Gasteiger partial charge in [0.05, 0.1) is 13.4 Å². The van der Waals surface area contributed by atoms with E-state index in [4.69, 9.17) is 20.6 Å². The van der Waals surface area contributed by atoms with Gasteiger partial charge in [-0.2, -0.15) is 5.10 Å². The molecule has 0 spiro atoms. The molecule has 1 aromatic carbocycles. The first-order valence-corrected chi connectivity index (χ1v) is 5.45. The van der Waals surface area contributed by atoms with Gasteiger partial charge >= 0.3 is 0 Å². The van der Waals surface area contributed by atoms with Crippen LogP contribution >= 0.6 is 0 Å². The van der Waals surface area contributed by atoms with Crippen LogP contribution < -0.4 is 0 Å². The maximum absolute atomic E-state index is 8.58. The molecule has 0 aliphatic heterocycles. The average molecular weight is 284 g/mol. The maximum atomic E-state index is 8.58. The number of fused-ring (bicyclic) bond motifs is 1. The second-order valence-electron chi connectivity index (χ2n) is 3.73. The predicted octanol–water partition coefficient (Wildman–Crippen LogP) is 1.91. The van der Waals surface area contributed by atoms with Crippen molar-refractivity contribution in [3.8, 4) is 0 Å². The van der Waals surface area contributed by atoms with E-state index in [-0.39, 0.29) is 5.52 Å². The highest BCUT2D eigenvalue weighted by molar-refractivity contribution is 5.83. The van der Waals surface area contributed by atoms with Crippen LogP contribution in [0.15, 0.2) is 37.0 Å². The Morgan fingerprint density at radius 1 is 1.50 bits per heavy atom. The van der Waals surface area contributed by atoms with E-state index in [1.165, 1.54) is 0 Å². The van der Waals surface area contributed by atoms with E-state index in [2.05, 4.69) is 15.1 Å². The van der Waals surface area contributed by atoms with E-state index >= 15 is 0 Å². The van der Waals surface area contributed by atoms with Crippen LogP contribution in [-0.2, 0) is 12.9 Å². The van der Waals surface area contributed by atoms with Crippen molar-refractivity contribution in [2.45, 2.75) is 12.9 Å². The van der Waals surface area contributed by atoms with Crippen LogP contribution in [0, 0.1) is 0 Å². The summed E-state index contributed by atoms with van der Waals surface area (Å²) in [5.41, 5.74) is -1.76. The zero-order chi connectivity index (χ0) is 26.9. The lowest BCUT2D eigenvalue weighted by Crippen LogP contribution is -2.14. The first-order chi connectivity index (χ1) is 15.7. The molecule has 104 valence electrons. The quantitative estimate of drug-likeness (QED) is 0.778. The number of H-pyrrole nitrogens is 1. The van der Waals surface area contributed by atoms with Crippen molar-refractivity contribution in [3.05, 3.63) is 48.1 Å². The molecule has 1 N–H and O–H groups in total. The van der Waals surface area contributed by atoms with Gasteiger partial charge in [-0.1, -0.05) is 6.04 Å². The first-order valence-electron chi connectivity index (χ1n) is 13.0. The number of hydrogen-bond acceptors (Lipinski definition) is 3. The summed E-state index contributed by atoms with van der Waals surface area (Å²) in [6, 6.07) is -2.18. The van der Waals surface area contributed by atoms with Crippen LogP contribution in [0.3, 0.4) is 0 Å². The van der Waals surface area contributed by atoms with E-state index in [0.717, 1.165) is 18.9 Å². The van der Waals surface area contributed by atoms with Crippen LogP contribution in [0.25, 0.3) is 10.9 Å². The molecule has 0 saturated carbocycles. The van der Waals surface area contributed by atoms with E-state index < -0.39 is 72.9 Å². The molecule has 3 rings (SSSR count). The Labute approximate surface area is 139 Å². The van der Waals surface area contributed by atoms with Crippen molar-refractivity contribution in [1.29, 1.82) is 0 Å². The van der Waals surface area contributed by atoms with E-state index in [0.29, 0.717) is 4.68 Å². The van der Waals surface area contributed by atoms with Gasteiger partial charge in [0.2, 0.25) is 0 Å². The number of hydrogen-bond donors (Lipinski definition) is 1. The minimum absolute atomic E-state index is 0.317. The molecule has 0 aliphatic carbocycles. The summed E-state index contributed by atoms with van der Waals surface area (Å²) in [6.07, 6.45) is -0.618. The average Bonchev–Trinajstić information content (AvgIpc) is 3.33. The van der Waals surface area contributed by atoms with E-state index in [9.17, 15) is 0 Å². The van der Waals surface area contributed by atoms with Crippen LogP contribution in [0.5, 0.6) is 0 Å². The second-order valence-corrected chi connectivity index (χ2v) is 3.73. The lowest BCUT2D eigenvalue weighted by Gasteiger charge is -2.08. The molecule has 0 atom stereocenters. The molecule has 0 amide bonds. The van der Waals surface area contributed by atoms with Crippen molar-refractivity contribution < 1.29 is 20.6 Å². The minimum atomic E-state index is -3.71. The fourth-order valence-corrected chi connectivity index (χ4v) is 1.58. The van der Waals surface area contributed by atoms with Gasteiger partial charge in [-0.3, -0.25) is 0 Å². The highest BCUT2D eigenvalue weighted by Crippen LogP contribution is 2.21. The number of aromatic amines is 1. The number of nitrogens with zero attached hydrogens (tertiary/aromatic N) is 4. The number of benzene rings is 1. The molecule has 5 heteroatoms. The summed E-state index contributed by atoms with van der Waals surface area (Å²) in [4.78, 5) is 5.51. The Bertz CT molecular complexity index is 1220. The standard InChI is InChI=1S/C15H19N5/c1-19(2)6-5-13-8-17-15-4-3-12(7-14(13)15)9-20-11-16-10-18-20/h3-4,7-8,10-11,17H,5-6,9H2,1-2H3/i1D3,2D3,3D,4D,5D2,6D2,7D,9D2. The summed E-state index contributed by atoms with van der Waals surface area (Å²) in [5, 5.41) is 3.14. The fourth-order valence-electron chi connectivity index (χ4n) is 1.58. The Kier molecular flexibility index (Phi) is 1.14. The molecule has 2 aromatic heterocycles. The molecule has 0 radical (unpaired) electrons. The summed E-state index contributed by atoms with van der Waals surface area (Å²) >= 11 is 0. The Morgan fingerprint density at radius 2 is 2.45 bits per heavy atom. The maximum Gasteiger partial charge on any atom is 0.137 e. The molecule has 2 heterocycles. The van der Waals surface area contributed by atoms with Crippen molar-refractivity contribution >= 4 is 10.9 Å². The summed E-state index contributed by atoms with van der Waals surface area (Å²) in [7, 11) is 0. The molecule has 0 fully saturated rings. The Hall–Kier alpha value is -2.14. The summed E-state index contributed by atoms with van der Waals surface area (Å²) in [5.74, 6) is 0. The molecule has 0 aliphatic rings. The molecule has 0 bridgehead atoms. The van der Waals surface area contributed by atoms with E-state index in [1.807, 2.05) is 0 Å². The highest BCUT2D eigenvalue weighted by atomic mass is 15.3. The predicted molar refractivity (Wildman–Crippen MR) is 79.7 cm³/mol. The topological polar surface area (TPSA) is 49.7 Å². The fraction of sp³-hybridized carbons (Fsp3) is 0.333.